The van der Waals surface area contributed by atoms with Crippen LogP contribution < -0.4 is 14.8 Å². The van der Waals surface area contributed by atoms with Crippen LogP contribution in [-0.4, -0.2) is 15.5 Å². The summed E-state index contributed by atoms with van der Waals surface area (Å²) in [6, 6.07) is 23.9. The van der Waals surface area contributed by atoms with E-state index in [1.807, 2.05) is 43.3 Å². The summed E-state index contributed by atoms with van der Waals surface area (Å²) in [4.78, 5) is 0.00967. The number of hydrogen-bond donors (Lipinski definition) is 1. The van der Waals surface area contributed by atoms with E-state index >= 15 is 0 Å². The Morgan fingerprint density at radius 1 is 1.09 bits per heavy atom. The number of anilines is 1. The maximum absolute atomic E-state index is 14.3. The molecule has 3 aromatic rings. The highest BCUT2D eigenvalue weighted by atomic mass is 32.2. The third kappa shape index (κ3) is 3.70. The molecule has 2 aliphatic rings. The number of nitrogens with zero attached hydrogens (tertiary/aromatic N) is 2. The van der Waals surface area contributed by atoms with E-state index in [9.17, 15) is 13.7 Å². The zero-order chi connectivity index (χ0) is 24.7. The Labute approximate surface area is 204 Å². The molecule has 176 valence electrons. The van der Waals surface area contributed by atoms with E-state index in [2.05, 4.69) is 6.07 Å². The number of rotatable bonds is 4. The molecule has 35 heavy (non-hydrogen) atoms. The molecule has 7 nitrogen and oxygen atoms in total. The first-order valence-corrected chi connectivity index (χ1v) is 12.4. The smallest absolute Gasteiger partial charge is 0.265 e. The number of para-hydroxylation sites is 1. The molecule has 0 saturated carbocycles. The van der Waals surface area contributed by atoms with Gasteiger partial charge in [-0.3, -0.25) is 4.31 Å². The molecule has 2 N–H and O–H groups in total. The number of fused-ring (bicyclic) bond motifs is 2. The predicted octanol–water partition coefficient (Wildman–Crippen LogP) is 4.53. The standard InChI is InChI=1S/C27H23N3O4S/c1-17-7-5-9-19(13-17)24-22(15-28)27(29)34-25-21-11-3-4-12-23(21)30(35(31,32)26(24)25)16-18-8-6-10-20(14-18)33-2/h3-14,24H,16,29H2,1-2H3. The number of methoxy groups -OCH3 is 1. The van der Waals surface area contributed by atoms with Crippen LogP contribution in [0, 0.1) is 18.3 Å². The second-order valence-electron chi connectivity index (χ2n) is 8.41. The van der Waals surface area contributed by atoms with Crippen molar-refractivity contribution in [1.29, 1.82) is 5.26 Å². The highest BCUT2D eigenvalue weighted by Crippen LogP contribution is 2.51. The van der Waals surface area contributed by atoms with Gasteiger partial charge < -0.3 is 15.2 Å². The van der Waals surface area contributed by atoms with Gasteiger partial charge in [0.15, 0.2) is 5.76 Å². The monoisotopic (exact) mass is 485 g/mol. The maximum Gasteiger partial charge on any atom is 0.265 e. The largest absolute Gasteiger partial charge is 0.497 e. The molecular formula is C27H23N3O4S. The minimum Gasteiger partial charge on any atom is -0.497 e. The van der Waals surface area contributed by atoms with Gasteiger partial charge in [0, 0.05) is 5.56 Å². The molecule has 0 amide bonds. The van der Waals surface area contributed by atoms with Gasteiger partial charge in [-0.15, -0.1) is 0 Å². The van der Waals surface area contributed by atoms with Crippen LogP contribution in [0.5, 0.6) is 5.75 Å². The lowest BCUT2D eigenvalue weighted by atomic mass is 9.87. The van der Waals surface area contributed by atoms with E-state index in [1.54, 1.807) is 43.5 Å². The fraction of sp³-hybridized carbons (Fsp3) is 0.148. The molecule has 2 heterocycles. The lowest BCUT2D eigenvalue weighted by Gasteiger charge is -2.38. The second-order valence-corrected chi connectivity index (χ2v) is 10.2. The van der Waals surface area contributed by atoms with Crippen molar-refractivity contribution in [2.45, 2.75) is 19.4 Å². The van der Waals surface area contributed by atoms with E-state index in [4.69, 9.17) is 15.2 Å². The molecule has 1 unspecified atom stereocenters. The Hall–Kier alpha value is -4.22. The SMILES string of the molecule is COc1cccc(CN2c3ccccc3C3=C(C(c4cccc(C)c4)C(C#N)=C(N)O3)S2(=O)=O)c1. The summed E-state index contributed by atoms with van der Waals surface area (Å²) < 4.78 is 41.1. The van der Waals surface area contributed by atoms with E-state index in [1.165, 1.54) is 4.31 Å². The van der Waals surface area contributed by atoms with Gasteiger partial charge in [0.25, 0.3) is 10.0 Å². The topological polar surface area (TPSA) is 106 Å². The van der Waals surface area contributed by atoms with Crippen LogP contribution in [0.25, 0.3) is 5.76 Å². The summed E-state index contributed by atoms with van der Waals surface area (Å²) in [7, 11) is -2.56. The minimum atomic E-state index is -4.13. The molecule has 0 radical (unpaired) electrons. The van der Waals surface area contributed by atoms with Crippen LogP contribution in [0.1, 0.15) is 28.2 Å². The lowest BCUT2D eigenvalue weighted by Crippen LogP contribution is -2.39. The zero-order valence-electron chi connectivity index (χ0n) is 19.2. The summed E-state index contributed by atoms with van der Waals surface area (Å²) in [5, 5.41) is 9.96. The quantitative estimate of drug-likeness (QED) is 0.582. The molecule has 0 bridgehead atoms. The summed E-state index contributed by atoms with van der Waals surface area (Å²) >= 11 is 0. The van der Waals surface area contributed by atoms with E-state index in [0.717, 1.165) is 11.1 Å². The number of sulfonamides is 1. The first-order valence-electron chi connectivity index (χ1n) is 11.0. The van der Waals surface area contributed by atoms with Crippen LogP contribution in [0.15, 0.2) is 89.2 Å². The minimum absolute atomic E-state index is 0.00967. The number of hydrogen-bond acceptors (Lipinski definition) is 6. The van der Waals surface area contributed by atoms with Crippen molar-refractivity contribution in [3.8, 4) is 11.8 Å². The van der Waals surface area contributed by atoms with E-state index < -0.39 is 15.9 Å². The number of ether oxygens (including phenoxy) is 2. The normalized spacial score (nSPS) is 18.3. The third-order valence-corrected chi connectivity index (χ3v) is 8.08. The summed E-state index contributed by atoms with van der Waals surface area (Å²) in [5.74, 6) is -0.199. The van der Waals surface area contributed by atoms with Crippen LogP contribution in [0.4, 0.5) is 5.69 Å². The Balaban J connectivity index is 1.75. The molecule has 3 aromatic carbocycles. The summed E-state index contributed by atoms with van der Waals surface area (Å²) in [6.07, 6.45) is 0. The third-order valence-electron chi connectivity index (χ3n) is 6.19. The summed E-state index contributed by atoms with van der Waals surface area (Å²) in [5.41, 5.74) is 9.67. The Morgan fingerprint density at radius 2 is 1.86 bits per heavy atom. The van der Waals surface area contributed by atoms with Crippen molar-refractivity contribution >= 4 is 21.5 Å². The summed E-state index contributed by atoms with van der Waals surface area (Å²) in [6.45, 7) is 1.99. The molecule has 8 heteroatoms. The molecular weight excluding hydrogens is 462 g/mol. The molecule has 5 rings (SSSR count). The van der Waals surface area contributed by atoms with Gasteiger partial charge in [0.05, 0.1) is 25.3 Å². The van der Waals surface area contributed by atoms with Crippen LogP contribution in [0.2, 0.25) is 0 Å². The van der Waals surface area contributed by atoms with Gasteiger partial charge in [-0.05, 0) is 42.3 Å². The first kappa shape index (κ1) is 22.6. The number of benzene rings is 3. The zero-order valence-corrected chi connectivity index (χ0v) is 20.0. The molecule has 2 aliphatic heterocycles. The van der Waals surface area contributed by atoms with Gasteiger partial charge >= 0.3 is 0 Å². The maximum atomic E-state index is 14.3. The van der Waals surface area contributed by atoms with Gasteiger partial charge in [-0.25, -0.2) is 8.42 Å². The van der Waals surface area contributed by atoms with Gasteiger partial charge in [0.2, 0.25) is 5.88 Å². The predicted molar refractivity (Wildman–Crippen MR) is 133 cm³/mol. The number of nitriles is 1. The number of nitrogens with two attached hydrogens (primary N) is 1. The number of aryl methyl sites for hydroxylation is 1. The fourth-order valence-corrected chi connectivity index (χ4v) is 6.51. The Bertz CT molecular complexity index is 1550. The Kier molecular flexibility index (Phi) is 5.50. The highest BCUT2D eigenvalue weighted by molar-refractivity contribution is 7.96. The van der Waals surface area contributed by atoms with E-state index in [-0.39, 0.29) is 28.7 Å². The van der Waals surface area contributed by atoms with Crippen molar-refractivity contribution in [1.82, 2.24) is 0 Å². The molecule has 0 aliphatic carbocycles. The average Bonchev–Trinajstić information content (AvgIpc) is 2.86. The van der Waals surface area contributed by atoms with Crippen LogP contribution >= 0.6 is 0 Å². The van der Waals surface area contributed by atoms with Crippen LogP contribution in [0.3, 0.4) is 0 Å². The molecule has 0 spiro atoms. The van der Waals surface area contributed by atoms with E-state index in [0.29, 0.717) is 22.6 Å². The molecule has 0 saturated heterocycles. The van der Waals surface area contributed by atoms with Gasteiger partial charge in [0.1, 0.15) is 22.3 Å². The molecule has 1 atom stereocenters. The fourth-order valence-electron chi connectivity index (χ4n) is 4.60. The lowest BCUT2D eigenvalue weighted by molar-refractivity contribution is 0.357. The van der Waals surface area contributed by atoms with Gasteiger partial charge in [-0.2, -0.15) is 5.26 Å². The van der Waals surface area contributed by atoms with Crippen LogP contribution in [-0.2, 0) is 21.3 Å². The second kappa shape index (κ2) is 8.53. The van der Waals surface area contributed by atoms with Crippen molar-refractivity contribution < 1.29 is 17.9 Å². The first-order chi connectivity index (χ1) is 16.8. The van der Waals surface area contributed by atoms with Crippen molar-refractivity contribution in [2.24, 2.45) is 5.73 Å². The highest BCUT2D eigenvalue weighted by Gasteiger charge is 2.47. The molecule has 0 aromatic heterocycles. The van der Waals surface area contributed by atoms with Crippen molar-refractivity contribution in [2.75, 3.05) is 11.4 Å². The van der Waals surface area contributed by atoms with Crippen molar-refractivity contribution in [3.63, 3.8) is 0 Å². The Morgan fingerprint density at radius 3 is 2.60 bits per heavy atom. The number of allylic oxidation sites excluding steroid dienone is 2. The van der Waals surface area contributed by atoms with Gasteiger partial charge in [-0.1, -0.05) is 54.1 Å². The molecule has 0 fully saturated rings. The average molecular weight is 486 g/mol. The van der Waals surface area contributed by atoms with Crippen molar-refractivity contribution in [3.05, 3.63) is 111 Å².